The molecule has 0 N–H and O–H groups in total. The average Bonchev–Trinajstić information content (AvgIpc) is 2.64. The second-order valence-corrected chi connectivity index (χ2v) is 3.74. The molecule has 17 heavy (non-hydrogen) atoms. The fraction of sp³-hybridized carbons (Fsp3) is 0.0833. The number of fused-ring (bicyclic) bond motifs is 1. The van der Waals surface area contributed by atoms with Crippen molar-refractivity contribution in [2.75, 3.05) is 0 Å². The number of nitrogens with zero attached hydrogens (tertiary/aromatic N) is 4. The van der Waals surface area contributed by atoms with Gasteiger partial charge in [0.2, 0.25) is 0 Å². The largest absolute Gasteiger partial charge is 0.261 e. The molecule has 0 aliphatic heterocycles. The lowest BCUT2D eigenvalue weighted by Gasteiger charge is -1.99. The summed E-state index contributed by atoms with van der Waals surface area (Å²) in [5.41, 5.74) is 3.02. The molecule has 0 radical (unpaired) electrons. The summed E-state index contributed by atoms with van der Waals surface area (Å²) in [6, 6.07) is 3.23. The van der Waals surface area contributed by atoms with Gasteiger partial charge in [-0.25, -0.2) is 13.9 Å². The molecule has 0 unspecified atom stereocenters. The molecule has 0 bridgehead atoms. The van der Waals surface area contributed by atoms with Crippen LogP contribution in [0, 0.1) is 12.7 Å². The summed E-state index contributed by atoms with van der Waals surface area (Å²) in [5.74, 6) is -0.364. The normalized spacial score (nSPS) is 10.9. The lowest BCUT2D eigenvalue weighted by Crippen LogP contribution is -1.88. The van der Waals surface area contributed by atoms with E-state index >= 15 is 0 Å². The molecule has 84 valence electrons. The van der Waals surface area contributed by atoms with Crippen LogP contribution in [-0.4, -0.2) is 19.6 Å². The Balaban J connectivity index is 2.33. The van der Waals surface area contributed by atoms with Crippen LogP contribution in [0.25, 0.3) is 16.8 Å². The van der Waals surface area contributed by atoms with Crippen molar-refractivity contribution in [3.8, 4) is 11.1 Å². The Morgan fingerprint density at radius 2 is 2.18 bits per heavy atom. The van der Waals surface area contributed by atoms with Crippen molar-refractivity contribution in [2.45, 2.75) is 6.92 Å². The van der Waals surface area contributed by atoms with Crippen LogP contribution in [0.15, 0.2) is 36.9 Å². The number of aryl methyl sites for hydroxylation is 1. The first-order valence-electron chi connectivity index (χ1n) is 5.16. The quantitative estimate of drug-likeness (QED) is 0.641. The molecular formula is C12H9FN4. The van der Waals surface area contributed by atoms with Crippen molar-refractivity contribution in [1.82, 2.24) is 19.6 Å². The fourth-order valence-electron chi connectivity index (χ4n) is 1.88. The highest BCUT2D eigenvalue weighted by molar-refractivity contribution is 5.79. The van der Waals surface area contributed by atoms with E-state index in [1.807, 2.05) is 13.1 Å². The minimum Gasteiger partial charge on any atom is -0.261 e. The monoisotopic (exact) mass is 228 g/mol. The third-order valence-electron chi connectivity index (χ3n) is 2.56. The van der Waals surface area contributed by atoms with Crippen molar-refractivity contribution in [2.24, 2.45) is 0 Å². The van der Waals surface area contributed by atoms with E-state index in [4.69, 9.17) is 0 Å². The highest BCUT2D eigenvalue weighted by atomic mass is 19.1. The van der Waals surface area contributed by atoms with Gasteiger partial charge in [-0.15, -0.1) is 0 Å². The Kier molecular flexibility index (Phi) is 2.11. The van der Waals surface area contributed by atoms with Gasteiger partial charge in [0.1, 0.15) is 5.82 Å². The molecule has 0 aliphatic carbocycles. The van der Waals surface area contributed by atoms with E-state index in [1.165, 1.54) is 12.3 Å². The van der Waals surface area contributed by atoms with Crippen LogP contribution in [0.4, 0.5) is 4.39 Å². The van der Waals surface area contributed by atoms with E-state index in [-0.39, 0.29) is 5.82 Å². The van der Waals surface area contributed by atoms with Gasteiger partial charge in [0.15, 0.2) is 5.65 Å². The van der Waals surface area contributed by atoms with E-state index in [0.717, 1.165) is 11.3 Å². The highest BCUT2D eigenvalue weighted by Gasteiger charge is 2.12. The maximum atomic E-state index is 13.2. The van der Waals surface area contributed by atoms with Crippen molar-refractivity contribution >= 4 is 5.65 Å². The first kappa shape index (κ1) is 9.89. The molecular weight excluding hydrogens is 219 g/mol. The predicted molar refractivity (Wildman–Crippen MR) is 60.9 cm³/mol. The van der Waals surface area contributed by atoms with Gasteiger partial charge in [0.05, 0.1) is 17.5 Å². The summed E-state index contributed by atoms with van der Waals surface area (Å²) in [6.45, 7) is 1.87. The van der Waals surface area contributed by atoms with Gasteiger partial charge in [-0.05, 0) is 19.1 Å². The molecule has 3 aromatic heterocycles. The molecule has 5 heteroatoms. The molecule has 0 amide bonds. The third-order valence-corrected chi connectivity index (χ3v) is 2.56. The molecule has 3 rings (SSSR count). The second kappa shape index (κ2) is 3.62. The third kappa shape index (κ3) is 1.56. The van der Waals surface area contributed by atoms with Crippen molar-refractivity contribution < 1.29 is 4.39 Å². The lowest BCUT2D eigenvalue weighted by molar-refractivity contribution is 0.622. The second-order valence-electron chi connectivity index (χ2n) is 3.74. The summed E-state index contributed by atoms with van der Waals surface area (Å²) in [4.78, 5) is 8.11. The first-order chi connectivity index (χ1) is 8.25. The van der Waals surface area contributed by atoms with Gasteiger partial charge in [0, 0.05) is 24.2 Å². The smallest absolute Gasteiger partial charge is 0.163 e. The number of aromatic nitrogens is 4. The average molecular weight is 228 g/mol. The minimum atomic E-state index is -0.364. The maximum absolute atomic E-state index is 13.2. The SMILES string of the molecule is Cc1nn2cccnc2c1-c1cncc(F)c1. The summed E-state index contributed by atoms with van der Waals surface area (Å²) < 4.78 is 14.9. The van der Waals surface area contributed by atoms with Gasteiger partial charge >= 0.3 is 0 Å². The van der Waals surface area contributed by atoms with Crippen LogP contribution in [0.3, 0.4) is 0 Å². The Labute approximate surface area is 96.8 Å². The number of hydrogen-bond acceptors (Lipinski definition) is 3. The Morgan fingerprint density at radius 3 is 3.00 bits per heavy atom. The van der Waals surface area contributed by atoms with Gasteiger partial charge in [-0.2, -0.15) is 5.10 Å². The summed E-state index contributed by atoms with van der Waals surface area (Å²) in [7, 11) is 0. The van der Waals surface area contributed by atoms with Gasteiger partial charge < -0.3 is 0 Å². The molecule has 0 saturated heterocycles. The molecule has 0 saturated carbocycles. The zero-order chi connectivity index (χ0) is 11.8. The Morgan fingerprint density at radius 1 is 1.29 bits per heavy atom. The van der Waals surface area contributed by atoms with E-state index in [9.17, 15) is 4.39 Å². The highest BCUT2D eigenvalue weighted by Crippen LogP contribution is 2.26. The van der Waals surface area contributed by atoms with Crippen LogP contribution in [0.5, 0.6) is 0 Å². The number of pyridine rings is 1. The number of halogens is 1. The Hall–Kier alpha value is -2.30. The maximum Gasteiger partial charge on any atom is 0.163 e. The topological polar surface area (TPSA) is 43.1 Å². The van der Waals surface area contributed by atoms with Gasteiger partial charge in [-0.3, -0.25) is 4.98 Å². The van der Waals surface area contributed by atoms with E-state index in [2.05, 4.69) is 15.1 Å². The van der Waals surface area contributed by atoms with Crippen molar-refractivity contribution in [3.63, 3.8) is 0 Å². The molecule has 0 aromatic carbocycles. The van der Waals surface area contributed by atoms with Gasteiger partial charge in [0.25, 0.3) is 0 Å². The van der Waals surface area contributed by atoms with Gasteiger partial charge in [-0.1, -0.05) is 0 Å². The van der Waals surface area contributed by atoms with E-state index in [1.54, 1.807) is 23.0 Å². The summed E-state index contributed by atoms with van der Waals surface area (Å²) >= 11 is 0. The van der Waals surface area contributed by atoms with Crippen LogP contribution >= 0.6 is 0 Å². The minimum absolute atomic E-state index is 0.364. The van der Waals surface area contributed by atoms with E-state index < -0.39 is 0 Å². The number of rotatable bonds is 1. The van der Waals surface area contributed by atoms with E-state index in [0.29, 0.717) is 11.2 Å². The first-order valence-corrected chi connectivity index (χ1v) is 5.16. The summed E-state index contributed by atoms with van der Waals surface area (Å²) in [6.07, 6.45) is 6.29. The van der Waals surface area contributed by atoms with Crippen molar-refractivity contribution in [1.29, 1.82) is 0 Å². The fourth-order valence-corrected chi connectivity index (χ4v) is 1.88. The molecule has 0 aliphatic rings. The zero-order valence-corrected chi connectivity index (χ0v) is 9.13. The summed E-state index contributed by atoms with van der Waals surface area (Å²) in [5, 5.41) is 4.32. The molecule has 0 fully saturated rings. The Bertz CT molecular complexity index is 690. The predicted octanol–water partition coefficient (Wildman–Crippen LogP) is 2.24. The standard InChI is InChI=1S/C12H9FN4/c1-8-11(9-5-10(13)7-14-6-9)12-15-3-2-4-17(12)16-8/h2-7H,1H3. The molecule has 3 heterocycles. The van der Waals surface area contributed by atoms with Crippen LogP contribution in [-0.2, 0) is 0 Å². The molecule has 0 spiro atoms. The zero-order valence-electron chi connectivity index (χ0n) is 9.13. The molecule has 3 aromatic rings. The van der Waals surface area contributed by atoms with Crippen LogP contribution in [0.2, 0.25) is 0 Å². The number of hydrogen-bond donors (Lipinski definition) is 0. The molecule has 4 nitrogen and oxygen atoms in total. The van der Waals surface area contributed by atoms with Crippen molar-refractivity contribution in [3.05, 3.63) is 48.4 Å². The van der Waals surface area contributed by atoms with Crippen LogP contribution < -0.4 is 0 Å². The molecule has 0 atom stereocenters. The lowest BCUT2D eigenvalue weighted by atomic mass is 10.1. The van der Waals surface area contributed by atoms with Crippen LogP contribution in [0.1, 0.15) is 5.69 Å².